The zero-order chi connectivity index (χ0) is 13.3. The van der Waals surface area contributed by atoms with Gasteiger partial charge in [-0.15, -0.1) is 0 Å². The Hall–Kier alpha value is -1.30. The third kappa shape index (κ3) is 2.58. The molecular formula is C12H12F2O3S. The molecule has 0 spiro atoms. The van der Waals surface area contributed by atoms with Gasteiger partial charge in [-0.3, -0.25) is 4.79 Å². The van der Waals surface area contributed by atoms with Gasteiger partial charge in [0.05, 0.1) is 5.75 Å². The van der Waals surface area contributed by atoms with Crippen molar-refractivity contribution in [2.24, 2.45) is 0 Å². The lowest BCUT2D eigenvalue weighted by atomic mass is 10.0. The van der Waals surface area contributed by atoms with Gasteiger partial charge in [-0.2, -0.15) is 0 Å². The Kier molecular flexibility index (Phi) is 3.47. The number of benzene rings is 1. The summed E-state index contributed by atoms with van der Waals surface area (Å²) in [5.41, 5.74) is -0.219. The highest BCUT2D eigenvalue weighted by Crippen LogP contribution is 2.23. The Morgan fingerprint density at radius 2 is 1.72 bits per heavy atom. The van der Waals surface area contributed by atoms with Crippen LogP contribution in [0, 0.1) is 11.6 Å². The number of carbonyl (C=O) groups is 1. The van der Waals surface area contributed by atoms with E-state index in [2.05, 4.69) is 0 Å². The summed E-state index contributed by atoms with van der Waals surface area (Å²) < 4.78 is 49.5. The highest BCUT2D eigenvalue weighted by atomic mass is 32.2. The summed E-state index contributed by atoms with van der Waals surface area (Å²) in [5.74, 6) is -2.52. The summed E-state index contributed by atoms with van der Waals surface area (Å²) in [6, 6.07) is 2.39. The molecule has 1 unspecified atom stereocenters. The van der Waals surface area contributed by atoms with Crippen molar-refractivity contribution < 1.29 is 22.0 Å². The van der Waals surface area contributed by atoms with Crippen LogP contribution in [0.3, 0.4) is 0 Å². The van der Waals surface area contributed by atoms with E-state index in [0.29, 0.717) is 18.9 Å². The van der Waals surface area contributed by atoms with Crippen LogP contribution in [-0.4, -0.2) is 25.2 Å². The molecule has 1 aromatic carbocycles. The van der Waals surface area contributed by atoms with Crippen LogP contribution in [0.2, 0.25) is 0 Å². The lowest BCUT2D eigenvalue weighted by Gasteiger charge is -2.21. The number of halogens is 2. The van der Waals surface area contributed by atoms with Crippen LogP contribution in [0.15, 0.2) is 18.2 Å². The first kappa shape index (κ1) is 13.1. The number of hydrogen-bond donors (Lipinski definition) is 0. The van der Waals surface area contributed by atoms with Gasteiger partial charge in [-0.1, -0.05) is 6.42 Å². The number of rotatable bonds is 2. The molecule has 1 heterocycles. The smallest absolute Gasteiger partial charge is 0.181 e. The van der Waals surface area contributed by atoms with E-state index in [4.69, 9.17) is 0 Å². The molecule has 3 nitrogen and oxygen atoms in total. The van der Waals surface area contributed by atoms with Gasteiger partial charge in [-0.25, -0.2) is 17.2 Å². The molecule has 0 aliphatic carbocycles. The van der Waals surface area contributed by atoms with E-state index in [-0.39, 0.29) is 17.7 Å². The van der Waals surface area contributed by atoms with E-state index in [0.717, 1.165) is 12.1 Å². The van der Waals surface area contributed by atoms with Gasteiger partial charge >= 0.3 is 0 Å². The van der Waals surface area contributed by atoms with Crippen LogP contribution in [0.5, 0.6) is 0 Å². The van der Waals surface area contributed by atoms with E-state index < -0.39 is 32.5 Å². The van der Waals surface area contributed by atoms with Gasteiger partial charge in [-0.05, 0) is 25.0 Å². The maximum Gasteiger partial charge on any atom is 0.181 e. The lowest BCUT2D eigenvalue weighted by Crippen LogP contribution is -2.35. The zero-order valence-corrected chi connectivity index (χ0v) is 10.3. The molecule has 1 aromatic rings. The maximum absolute atomic E-state index is 13.0. The summed E-state index contributed by atoms with van der Waals surface area (Å²) in [4.78, 5) is 12.0. The number of carbonyl (C=O) groups excluding carboxylic acids is 1. The van der Waals surface area contributed by atoms with Crippen molar-refractivity contribution >= 4 is 15.6 Å². The average Bonchev–Trinajstić information content (AvgIpc) is 2.26. The SMILES string of the molecule is O=C(c1cc(F)cc(F)c1)C1CCCCS1(=O)=O. The van der Waals surface area contributed by atoms with Gasteiger partial charge in [0.15, 0.2) is 15.6 Å². The molecule has 18 heavy (non-hydrogen) atoms. The van der Waals surface area contributed by atoms with E-state index in [9.17, 15) is 22.0 Å². The van der Waals surface area contributed by atoms with Crippen molar-refractivity contribution in [3.63, 3.8) is 0 Å². The molecule has 1 aliphatic heterocycles. The second-order valence-corrected chi connectivity index (χ2v) is 6.68. The van der Waals surface area contributed by atoms with Crippen molar-refractivity contribution in [2.75, 3.05) is 5.75 Å². The molecule has 1 saturated heterocycles. The third-order valence-electron chi connectivity index (χ3n) is 3.02. The van der Waals surface area contributed by atoms with E-state index in [1.165, 1.54) is 0 Å². The van der Waals surface area contributed by atoms with Crippen molar-refractivity contribution in [3.8, 4) is 0 Å². The molecular weight excluding hydrogens is 262 g/mol. The predicted molar refractivity (Wildman–Crippen MR) is 62.1 cm³/mol. The van der Waals surface area contributed by atoms with Gasteiger partial charge in [0, 0.05) is 11.6 Å². The fourth-order valence-corrected chi connectivity index (χ4v) is 4.01. The minimum absolute atomic E-state index is 0.0405. The van der Waals surface area contributed by atoms with Crippen molar-refractivity contribution in [1.82, 2.24) is 0 Å². The van der Waals surface area contributed by atoms with Crippen LogP contribution < -0.4 is 0 Å². The second-order valence-electron chi connectivity index (χ2n) is 4.37. The number of Topliss-reactive ketones (excluding diaryl/α,β-unsaturated/α-hetero) is 1. The lowest BCUT2D eigenvalue weighted by molar-refractivity contribution is 0.0980. The topological polar surface area (TPSA) is 51.2 Å². The summed E-state index contributed by atoms with van der Waals surface area (Å²) in [7, 11) is -3.49. The quantitative estimate of drug-likeness (QED) is 0.776. The Bertz CT molecular complexity index is 561. The van der Waals surface area contributed by atoms with Gasteiger partial charge in [0.25, 0.3) is 0 Å². The van der Waals surface area contributed by atoms with Crippen molar-refractivity contribution in [1.29, 1.82) is 0 Å². The van der Waals surface area contributed by atoms with Crippen molar-refractivity contribution in [2.45, 2.75) is 24.5 Å². The molecule has 98 valence electrons. The van der Waals surface area contributed by atoms with Gasteiger partial charge in [0.2, 0.25) is 0 Å². The monoisotopic (exact) mass is 274 g/mol. The van der Waals surface area contributed by atoms with E-state index in [1.807, 2.05) is 0 Å². The fraction of sp³-hybridized carbons (Fsp3) is 0.417. The molecule has 0 radical (unpaired) electrons. The molecule has 1 atom stereocenters. The molecule has 0 N–H and O–H groups in total. The van der Waals surface area contributed by atoms with Crippen LogP contribution in [0.1, 0.15) is 29.6 Å². The third-order valence-corrected chi connectivity index (χ3v) is 5.19. The number of sulfone groups is 1. The number of ketones is 1. The highest BCUT2D eigenvalue weighted by Gasteiger charge is 2.35. The van der Waals surface area contributed by atoms with Gasteiger partial charge < -0.3 is 0 Å². The zero-order valence-electron chi connectivity index (χ0n) is 9.53. The van der Waals surface area contributed by atoms with E-state index in [1.54, 1.807) is 0 Å². The largest absolute Gasteiger partial charge is 0.293 e. The first-order valence-electron chi connectivity index (χ1n) is 5.62. The summed E-state index contributed by atoms with van der Waals surface area (Å²) >= 11 is 0. The number of hydrogen-bond acceptors (Lipinski definition) is 3. The molecule has 0 aromatic heterocycles. The molecule has 1 fully saturated rings. The second kappa shape index (κ2) is 4.76. The highest BCUT2D eigenvalue weighted by molar-refractivity contribution is 7.92. The van der Waals surface area contributed by atoms with Crippen LogP contribution >= 0.6 is 0 Å². The standard InChI is InChI=1S/C12H12F2O3S/c13-9-5-8(6-10(14)7-9)12(15)11-3-1-2-4-18(11,16)17/h5-7,11H,1-4H2. The fourth-order valence-electron chi connectivity index (χ4n) is 2.13. The predicted octanol–water partition coefficient (Wildman–Crippen LogP) is 2.11. The molecule has 2 rings (SSSR count). The molecule has 0 saturated carbocycles. The van der Waals surface area contributed by atoms with Gasteiger partial charge in [0.1, 0.15) is 16.9 Å². The molecule has 1 aliphatic rings. The maximum atomic E-state index is 13.0. The average molecular weight is 274 g/mol. The van der Waals surface area contributed by atoms with E-state index >= 15 is 0 Å². The van der Waals surface area contributed by atoms with Crippen molar-refractivity contribution in [3.05, 3.63) is 35.4 Å². The van der Waals surface area contributed by atoms with Crippen LogP contribution in [0.25, 0.3) is 0 Å². The molecule has 0 bridgehead atoms. The molecule has 6 heteroatoms. The first-order valence-corrected chi connectivity index (χ1v) is 7.33. The van der Waals surface area contributed by atoms with Crippen LogP contribution in [0.4, 0.5) is 8.78 Å². The van der Waals surface area contributed by atoms with Crippen LogP contribution in [-0.2, 0) is 9.84 Å². The Labute approximate surface area is 104 Å². The normalized spacial score (nSPS) is 22.7. The summed E-state index contributed by atoms with van der Waals surface area (Å²) in [5, 5.41) is -1.16. The first-order chi connectivity index (χ1) is 8.40. The Morgan fingerprint density at radius 3 is 2.28 bits per heavy atom. The Balaban J connectivity index is 2.36. The minimum Gasteiger partial charge on any atom is -0.293 e. The summed E-state index contributed by atoms with van der Waals surface area (Å²) in [6.45, 7) is 0. The minimum atomic E-state index is -3.49. The molecule has 0 amide bonds. The Morgan fingerprint density at radius 1 is 1.11 bits per heavy atom. The summed E-state index contributed by atoms with van der Waals surface area (Å²) in [6.07, 6.45) is 1.39.